The highest BCUT2D eigenvalue weighted by Crippen LogP contribution is 2.29. The van der Waals surface area contributed by atoms with Gasteiger partial charge in [0.1, 0.15) is 0 Å². The SMILES string of the molecule is CCN(CC)CCNC(=O)N1CCCC(S(=O)(=O)c2cccc3ccccc23)C1.Cl. The summed E-state index contributed by atoms with van der Waals surface area (Å²) < 4.78 is 26.8. The number of hydrogen-bond donors (Lipinski definition) is 1. The van der Waals surface area contributed by atoms with Gasteiger partial charge in [-0.15, -0.1) is 12.4 Å². The van der Waals surface area contributed by atoms with Crippen molar-refractivity contribution in [3.63, 3.8) is 0 Å². The van der Waals surface area contributed by atoms with E-state index in [4.69, 9.17) is 0 Å². The Kier molecular flexibility index (Phi) is 8.94. The molecule has 1 aliphatic rings. The van der Waals surface area contributed by atoms with Gasteiger partial charge in [0, 0.05) is 31.6 Å². The summed E-state index contributed by atoms with van der Waals surface area (Å²) in [5.41, 5.74) is 0. The number of carbonyl (C=O) groups excluding carboxylic acids is 1. The standard InChI is InChI=1S/C22H31N3O3S.ClH/c1-3-24(4-2)16-14-23-22(26)25-15-8-11-19(17-25)29(27,28)21-13-7-10-18-9-5-6-12-20(18)21;/h5-7,9-10,12-13,19H,3-4,8,11,14-17H2,1-2H3,(H,23,26);1H. The minimum absolute atomic E-state index is 0. The van der Waals surface area contributed by atoms with E-state index in [-0.39, 0.29) is 25.0 Å². The molecule has 0 saturated carbocycles. The van der Waals surface area contributed by atoms with E-state index in [1.165, 1.54) is 0 Å². The molecule has 0 radical (unpaired) electrons. The van der Waals surface area contributed by atoms with E-state index < -0.39 is 15.1 Å². The Balaban J connectivity index is 0.00000320. The minimum Gasteiger partial charge on any atom is -0.337 e. The predicted octanol–water partition coefficient (Wildman–Crippen LogP) is 3.55. The van der Waals surface area contributed by atoms with Crippen LogP contribution in [0.15, 0.2) is 47.4 Å². The summed E-state index contributed by atoms with van der Waals surface area (Å²) in [4.78, 5) is 16.8. The van der Waals surface area contributed by atoms with Crippen molar-refractivity contribution in [2.24, 2.45) is 0 Å². The molecule has 1 fully saturated rings. The molecule has 6 nitrogen and oxygen atoms in total. The normalized spacial score (nSPS) is 17.0. The molecule has 0 bridgehead atoms. The molecule has 3 rings (SSSR count). The third-order valence-electron chi connectivity index (χ3n) is 5.76. The lowest BCUT2D eigenvalue weighted by Crippen LogP contribution is -2.50. The van der Waals surface area contributed by atoms with Gasteiger partial charge in [0.15, 0.2) is 9.84 Å². The Morgan fingerprint density at radius 1 is 1.13 bits per heavy atom. The van der Waals surface area contributed by atoms with Crippen LogP contribution in [0.4, 0.5) is 4.79 Å². The highest BCUT2D eigenvalue weighted by Gasteiger charge is 2.34. The lowest BCUT2D eigenvalue weighted by Gasteiger charge is -2.33. The van der Waals surface area contributed by atoms with Gasteiger partial charge < -0.3 is 15.1 Å². The van der Waals surface area contributed by atoms with Crippen molar-refractivity contribution in [2.75, 3.05) is 39.3 Å². The van der Waals surface area contributed by atoms with Crippen molar-refractivity contribution in [1.29, 1.82) is 0 Å². The summed E-state index contributed by atoms with van der Waals surface area (Å²) in [6.45, 7) is 8.28. The molecule has 1 saturated heterocycles. The maximum absolute atomic E-state index is 13.4. The smallest absolute Gasteiger partial charge is 0.317 e. The minimum atomic E-state index is -3.53. The Bertz CT molecular complexity index is 942. The zero-order chi connectivity index (χ0) is 20.9. The second-order valence-electron chi connectivity index (χ2n) is 7.49. The molecule has 2 aromatic rings. The number of hydrogen-bond acceptors (Lipinski definition) is 4. The first kappa shape index (κ1) is 24.4. The molecule has 30 heavy (non-hydrogen) atoms. The van der Waals surface area contributed by atoms with Crippen LogP contribution in [0.25, 0.3) is 10.8 Å². The number of urea groups is 1. The molecule has 1 heterocycles. The number of carbonyl (C=O) groups is 1. The number of halogens is 1. The Labute approximate surface area is 185 Å². The van der Waals surface area contributed by atoms with E-state index in [1.54, 1.807) is 17.0 Å². The first-order chi connectivity index (χ1) is 14.0. The lowest BCUT2D eigenvalue weighted by molar-refractivity contribution is 0.185. The lowest BCUT2D eigenvalue weighted by atomic mass is 10.1. The van der Waals surface area contributed by atoms with Crippen LogP contribution < -0.4 is 5.32 Å². The molecule has 1 N–H and O–H groups in total. The first-order valence-corrected chi connectivity index (χ1v) is 12.0. The molecule has 1 unspecified atom stereocenters. The number of amides is 2. The molecule has 0 aromatic heterocycles. The number of fused-ring (bicyclic) bond motifs is 1. The molecule has 0 aliphatic carbocycles. The second kappa shape index (κ2) is 11.0. The zero-order valence-electron chi connectivity index (χ0n) is 17.7. The number of likely N-dealkylation sites (N-methyl/N-ethyl adjacent to an activating group) is 1. The maximum Gasteiger partial charge on any atom is 0.317 e. The number of nitrogens with one attached hydrogen (secondary N) is 1. The number of piperidine rings is 1. The van der Waals surface area contributed by atoms with Gasteiger partial charge in [0.05, 0.1) is 10.1 Å². The van der Waals surface area contributed by atoms with Crippen molar-refractivity contribution in [2.45, 2.75) is 36.8 Å². The predicted molar refractivity (Wildman–Crippen MR) is 124 cm³/mol. The quantitative estimate of drug-likeness (QED) is 0.696. The van der Waals surface area contributed by atoms with Gasteiger partial charge in [-0.25, -0.2) is 13.2 Å². The second-order valence-corrected chi connectivity index (χ2v) is 9.69. The molecular weight excluding hydrogens is 422 g/mol. The third kappa shape index (κ3) is 5.45. The molecule has 2 amide bonds. The fourth-order valence-electron chi connectivity index (χ4n) is 3.97. The van der Waals surface area contributed by atoms with Crippen molar-refractivity contribution < 1.29 is 13.2 Å². The van der Waals surface area contributed by atoms with E-state index in [1.807, 2.05) is 30.3 Å². The van der Waals surface area contributed by atoms with Gasteiger partial charge in [-0.05, 0) is 37.4 Å². The topological polar surface area (TPSA) is 69.7 Å². The van der Waals surface area contributed by atoms with Crippen LogP contribution in [-0.4, -0.2) is 68.8 Å². The summed E-state index contributed by atoms with van der Waals surface area (Å²) in [6.07, 6.45) is 1.27. The van der Waals surface area contributed by atoms with Gasteiger partial charge in [-0.3, -0.25) is 0 Å². The van der Waals surface area contributed by atoms with Crippen LogP contribution in [0.2, 0.25) is 0 Å². The van der Waals surface area contributed by atoms with Gasteiger partial charge in [0.25, 0.3) is 0 Å². The van der Waals surface area contributed by atoms with E-state index >= 15 is 0 Å². The van der Waals surface area contributed by atoms with Crippen LogP contribution in [-0.2, 0) is 9.84 Å². The van der Waals surface area contributed by atoms with Crippen LogP contribution >= 0.6 is 12.4 Å². The van der Waals surface area contributed by atoms with Crippen LogP contribution in [0, 0.1) is 0 Å². The largest absolute Gasteiger partial charge is 0.337 e. The van der Waals surface area contributed by atoms with Crippen LogP contribution in [0.1, 0.15) is 26.7 Å². The number of rotatable bonds is 7. The third-order valence-corrected chi connectivity index (χ3v) is 7.99. The average molecular weight is 454 g/mol. The first-order valence-electron chi connectivity index (χ1n) is 10.4. The summed E-state index contributed by atoms with van der Waals surface area (Å²) in [6, 6.07) is 12.8. The van der Waals surface area contributed by atoms with Gasteiger partial charge >= 0.3 is 6.03 Å². The van der Waals surface area contributed by atoms with Crippen molar-refractivity contribution >= 4 is 39.0 Å². The van der Waals surface area contributed by atoms with Crippen LogP contribution in [0.5, 0.6) is 0 Å². The average Bonchev–Trinajstić information content (AvgIpc) is 2.76. The monoisotopic (exact) mass is 453 g/mol. The zero-order valence-corrected chi connectivity index (χ0v) is 19.3. The molecule has 1 aliphatic heterocycles. The number of benzene rings is 2. The van der Waals surface area contributed by atoms with E-state index in [0.717, 1.165) is 30.4 Å². The van der Waals surface area contributed by atoms with E-state index in [0.29, 0.717) is 30.8 Å². The van der Waals surface area contributed by atoms with Crippen LogP contribution in [0.3, 0.4) is 0 Å². The number of sulfone groups is 1. The van der Waals surface area contributed by atoms with Gasteiger partial charge in [-0.2, -0.15) is 0 Å². The Hall–Kier alpha value is -1.83. The molecule has 166 valence electrons. The van der Waals surface area contributed by atoms with Gasteiger partial charge in [-0.1, -0.05) is 50.2 Å². The summed E-state index contributed by atoms with van der Waals surface area (Å²) in [5, 5.41) is 4.03. The Morgan fingerprint density at radius 3 is 2.57 bits per heavy atom. The summed E-state index contributed by atoms with van der Waals surface area (Å²) >= 11 is 0. The fraction of sp³-hybridized carbons (Fsp3) is 0.500. The summed E-state index contributed by atoms with van der Waals surface area (Å²) in [5.74, 6) is 0. The highest BCUT2D eigenvalue weighted by molar-refractivity contribution is 7.92. The molecular formula is C22H32ClN3O3S. The summed E-state index contributed by atoms with van der Waals surface area (Å²) in [7, 11) is -3.53. The number of nitrogens with zero attached hydrogens (tertiary/aromatic N) is 2. The molecule has 1 atom stereocenters. The fourth-order valence-corrected chi connectivity index (χ4v) is 5.94. The molecule has 2 aromatic carbocycles. The van der Waals surface area contributed by atoms with E-state index in [9.17, 15) is 13.2 Å². The highest BCUT2D eigenvalue weighted by atomic mass is 35.5. The van der Waals surface area contributed by atoms with Crippen molar-refractivity contribution in [3.8, 4) is 0 Å². The maximum atomic E-state index is 13.4. The Morgan fingerprint density at radius 2 is 1.83 bits per heavy atom. The van der Waals surface area contributed by atoms with Crippen molar-refractivity contribution in [1.82, 2.24) is 15.1 Å². The number of likely N-dealkylation sites (tertiary alicyclic amines) is 1. The molecule has 0 spiro atoms. The van der Waals surface area contributed by atoms with Gasteiger partial charge in [0.2, 0.25) is 0 Å². The molecule has 8 heteroatoms. The van der Waals surface area contributed by atoms with E-state index in [2.05, 4.69) is 24.1 Å². The van der Waals surface area contributed by atoms with Crippen molar-refractivity contribution in [3.05, 3.63) is 42.5 Å².